The molecule has 0 aliphatic heterocycles. The quantitative estimate of drug-likeness (QED) is 0.229. The molecule has 1 aromatic carbocycles. The van der Waals surface area contributed by atoms with Gasteiger partial charge in [-0.3, -0.25) is 4.79 Å². The van der Waals surface area contributed by atoms with Crippen LogP contribution in [0.25, 0.3) is 0 Å². The molecule has 0 aliphatic carbocycles. The summed E-state index contributed by atoms with van der Waals surface area (Å²) in [5.74, 6) is 1.39. The highest BCUT2D eigenvalue weighted by Gasteiger charge is 2.04. The minimum Gasteiger partial charge on any atom is -0.357 e. The van der Waals surface area contributed by atoms with Crippen LogP contribution in [0.1, 0.15) is 56.5 Å². The summed E-state index contributed by atoms with van der Waals surface area (Å²) in [7, 11) is 0. The van der Waals surface area contributed by atoms with Crippen molar-refractivity contribution in [3.8, 4) is 0 Å². The Labute approximate surface area is 169 Å². The minimum absolute atomic E-state index is 0. The maximum absolute atomic E-state index is 12.0. The lowest BCUT2D eigenvalue weighted by Gasteiger charge is -2.13. The summed E-state index contributed by atoms with van der Waals surface area (Å²) in [6.45, 7) is 11.5. The average molecular weight is 460 g/mol. The molecule has 0 fully saturated rings. The summed E-state index contributed by atoms with van der Waals surface area (Å²) >= 11 is 0. The minimum atomic E-state index is -0.00885. The van der Waals surface area contributed by atoms with Crippen molar-refractivity contribution in [3.63, 3.8) is 0 Å². The van der Waals surface area contributed by atoms with Gasteiger partial charge in [0.2, 0.25) is 0 Å². The Bertz CT molecular complexity index is 515. The Morgan fingerprint density at radius 3 is 2.32 bits per heavy atom. The number of nitrogens with zero attached hydrogens (tertiary/aromatic N) is 1. The van der Waals surface area contributed by atoms with E-state index in [2.05, 4.69) is 48.6 Å². The van der Waals surface area contributed by atoms with E-state index in [1.807, 2.05) is 24.3 Å². The Morgan fingerprint density at radius 1 is 1.08 bits per heavy atom. The molecule has 6 heteroatoms. The van der Waals surface area contributed by atoms with Crippen molar-refractivity contribution in [1.82, 2.24) is 16.0 Å². The van der Waals surface area contributed by atoms with Crippen LogP contribution in [0.2, 0.25) is 0 Å². The van der Waals surface area contributed by atoms with Gasteiger partial charge < -0.3 is 16.0 Å². The second-order valence-corrected chi connectivity index (χ2v) is 6.28. The summed E-state index contributed by atoms with van der Waals surface area (Å²) in [6, 6.07) is 7.65. The third kappa shape index (κ3) is 10.3. The van der Waals surface area contributed by atoms with E-state index < -0.39 is 0 Å². The fourth-order valence-corrected chi connectivity index (χ4v) is 2.06. The third-order valence-corrected chi connectivity index (χ3v) is 3.47. The number of aliphatic imine (C=N–C) groups is 1. The van der Waals surface area contributed by atoms with Crippen molar-refractivity contribution in [2.24, 2.45) is 10.9 Å². The van der Waals surface area contributed by atoms with Crippen LogP contribution in [0.4, 0.5) is 0 Å². The Morgan fingerprint density at radius 2 is 1.76 bits per heavy atom. The molecule has 142 valence electrons. The summed E-state index contributed by atoms with van der Waals surface area (Å²) < 4.78 is 0. The molecular weight excluding hydrogens is 427 g/mol. The van der Waals surface area contributed by atoms with Crippen LogP contribution in [-0.2, 0) is 6.54 Å². The van der Waals surface area contributed by atoms with Crippen LogP contribution < -0.4 is 16.0 Å². The molecule has 0 saturated carbocycles. The first-order valence-corrected chi connectivity index (χ1v) is 8.96. The lowest BCUT2D eigenvalue weighted by Crippen LogP contribution is -2.39. The zero-order valence-corrected chi connectivity index (χ0v) is 18.2. The number of halogens is 1. The summed E-state index contributed by atoms with van der Waals surface area (Å²) in [5.41, 5.74) is 1.78. The van der Waals surface area contributed by atoms with Gasteiger partial charge >= 0.3 is 0 Å². The highest BCUT2D eigenvalue weighted by atomic mass is 127. The van der Waals surface area contributed by atoms with E-state index in [4.69, 9.17) is 0 Å². The summed E-state index contributed by atoms with van der Waals surface area (Å²) in [6.07, 6.45) is 2.09. The lowest BCUT2D eigenvalue weighted by atomic mass is 10.1. The van der Waals surface area contributed by atoms with Gasteiger partial charge in [0.1, 0.15) is 0 Å². The number of rotatable bonds is 9. The van der Waals surface area contributed by atoms with Crippen LogP contribution in [0, 0.1) is 5.92 Å². The monoisotopic (exact) mass is 460 g/mol. The van der Waals surface area contributed by atoms with Gasteiger partial charge in [0, 0.05) is 25.2 Å². The predicted molar refractivity (Wildman–Crippen MR) is 117 cm³/mol. The van der Waals surface area contributed by atoms with Crippen molar-refractivity contribution >= 4 is 35.8 Å². The number of hydrogen-bond donors (Lipinski definition) is 3. The number of unbranched alkanes of at least 4 members (excludes halogenated alkanes) is 1. The second kappa shape index (κ2) is 13.9. The Balaban J connectivity index is 0.00000576. The average Bonchev–Trinajstić information content (AvgIpc) is 2.58. The van der Waals surface area contributed by atoms with Gasteiger partial charge in [-0.05, 0) is 37.0 Å². The van der Waals surface area contributed by atoms with Gasteiger partial charge in [-0.2, -0.15) is 0 Å². The number of guanidine groups is 1. The van der Waals surface area contributed by atoms with Gasteiger partial charge in [0.15, 0.2) is 5.96 Å². The van der Waals surface area contributed by atoms with Crippen molar-refractivity contribution in [2.75, 3.05) is 19.6 Å². The van der Waals surface area contributed by atoms with E-state index >= 15 is 0 Å². The Hall–Kier alpha value is -1.31. The molecule has 5 nitrogen and oxygen atoms in total. The third-order valence-electron chi connectivity index (χ3n) is 3.47. The molecular formula is C19H33IN4O. The summed E-state index contributed by atoms with van der Waals surface area (Å²) in [4.78, 5) is 16.6. The maximum Gasteiger partial charge on any atom is 0.251 e. The van der Waals surface area contributed by atoms with Crippen LogP contribution >= 0.6 is 24.0 Å². The topological polar surface area (TPSA) is 65.5 Å². The van der Waals surface area contributed by atoms with E-state index in [1.165, 1.54) is 0 Å². The molecule has 0 aromatic heterocycles. The van der Waals surface area contributed by atoms with Crippen molar-refractivity contribution < 1.29 is 4.79 Å². The first kappa shape index (κ1) is 23.7. The van der Waals surface area contributed by atoms with E-state index in [1.54, 1.807) is 0 Å². The number of amides is 1. The Kier molecular flexibility index (Phi) is 13.2. The van der Waals surface area contributed by atoms with Gasteiger partial charge in [0.25, 0.3) is 5.91 Å². The molecule has 3 N–H and O–H groups in total. The largest absolute Gasteiger partial charge is 0.357 e. The normalized spacial score (nSPS) is 11.0. The van der Waals surface area contributed by atoms with Gasteiger partial charge in [0.05, 0.1) is 6.54 Å². The lowest BCUT2D eigenvalue weighted by molar-refractivity contribution is 0.0953. The SMILES string of the molecule is CCCCNC(=O)c1ccc(CN=C(NCC)NCC(C)C)cc1.I. The summed E-state index contributed by atoms with van der Waals surface area (Å²) in [5, 5.41) is 9.49. The number of hydrogen-bond acceptors (Lipinski definition) is 2. The molecule has 0 unspecified atom stereocenters. The molecule has 1 aromatic rings. The molecule has 1 amide bonds. The van der Waals surface area contributed by atoms with E-state index in [0.717, 1.165) is 44.0 Å². The fraction of sp³-hybridized carbons (Fsp3) is 0.579. The molecule has 0 spiro atoms. The van der Waals surface area contributed by atoms with Gasteiger partial charge in [-0.15, -0.1) is 24.0 Å². The first-order chi connectivity index (χ1) is 11.6. The molecule has 0 bridgehead atoms. The molecule has 0 aliphatic rings. The standard InChI is InChI=1S/C19H32N4O.HI/c1-5-7-12-21-18(24)17-10-8-16(9-11-17)14-23-19(20-6-2)22-13-15(3)4;/h8-11,15H,5-7,12-14H2,1-4H3,(H,21,24)(H2,20,22,23);1H. The van der Waals surface area contributed by atoms with E-state index in [9.17, 15) is 4.79 Å². The zero-order valence-electron chi connectivity index (χ0n) is 15.9. The zero-order chi connectivity index (χ0) is 17.8. The van der Waals surface area contributed by atoms with Crippen molar-refractivity contribution in [1.29, 1.82) is 0 Å². The fourth-order valence-electron chi connectivity index (χ4n) is 2.06. The van der Waals surface area contributed by atoms with E-state index in [-0.39, 0.29) is 29.9 Å². The number of benzene rings is 1. The molecule has 0 saturated heterocycles. The highest BCUT2D eigenvalue weighted by Crippen LogP contribution is 2.06. The first-order valence-electron chi connectivity index (χ1n) is 8.96. The van der Waals surface area contributed by atoms with Crippen LogP contribution in [0.3, 0.4) is 0 Å². The second-order valence-electron chi connectivity index (χ2n) is 6.28. The highest BCUT2D eigenvalue weighted by molar-refractivity contribution is 14.0. The van der Waals surface area contributed by atoms with Crippen LogP contribution in [-0.4, -0.2) is 31.5 Å². The molecule has 0 radical (unpaired) electrons. The number of carbonyl (C=O) groups excluding carboxylic acids is 1. The number of nitrogens with one attached hydrogen (secondary N) is 3. The molecule has 0 heterocycles. The smallest absolute Gasteiger partial charge is 0.251 e. The van der Waals surface area contributed by atoms with Gasteiger partial charge in [-0.1, -0.05) is 39.3 Å². The van der Waals surface area contributed by atoms with Gasteiger partial charge in [-0.25, -0.2) is 4.99 Å². The van der Waals surface area contributed by atoms with Crippen LogP contribution in [0.5, 0.6) is 0 Å². The van der Waals surface area contributed by atoms with Crippen LogP contribution in [0.15, 0.2) is 29.3 Å². The maximum atomic E-state index is 12.0. The predicted octanol–water partition coefficient (Wildman–Crippen LogP) is 3.55. The molecule has 0 atom stereocenters. The van der Waals surface area contributed by atoms with Crippen molar-refractivity contribution in [2.45, 2.75) is 47.1 Å². The van der Waals surface area contributed by atoms with Crippen molar-refractivity contribution in [3.05, 3.63) is 35.4 Å². The number of carbonyl (C=O) groups is 1. The van der Waals surface area contributed by atoms with E-state index in [0.29, 0.717) is 18.0 Å². The molecule has 25 heavy (non-hydrogen) atoms. The molecule has 1 rings (SSSR count).